The highest BCUT2D eigenvalue weighted by Crippen LogP contribution is 2.17. The summed E-state index contributed by atoms with van der Waals surface area (Å²) in [6, 6.07) is 15.6. The number of benzene rings is 2. The number of anilines is 1. The van der Waals surface area contributed by atoms with E-state index in [9.17, 15) is 4.79 Å². The Hall–Kier alpha value is -2.53. The van der Waals surface area contributed by atoms with E-state index in [1.54, 1.807) is 7.11 Å². The molecule has 0 radical (unpaired) electrons. The van der Waals surface area contributed by atoms with Crippen LogP contribution in [0.4, 0.5) is 5.69 Å². The lowest BCUT2D eigenvalue weighted by Crippen LogP contribution is -2.40. The summed E-state index contributed by atoms with van der Waals surface area (Å²) in [4.78, 5) is 14.4. The lowest BCUT2D eigenvalue weighted by Gasteiger charge is -2.27. The standard InChI is InChI=1S/C19H22N2O3/c1-23-18-7-2-4-15(12-18)14-20-17-6-3-5-16(13-17)19(22)21-8-10-24-11-9-21/h2-7,12-13,20H,8-11,14H2,1H3. The fourth-order valence-electron chi connectivity index (χ4n) is 2.70. The van der Waals surface area contributed by atoms with Gasteiger partial charge in [0.1, 0.15) is 5.75 Å². The molecule has 1 fully saturated rings. The van der Waals surface area contributed by atoms with Gasteiger partial charge in [0, 0.05) is 30.9 Å². The molecule has 0 aromatic heterocycles. The molecule has 3 rings (SSSR count). The number of rotatable bonds is 5. The van der Waals surface area contributed by atoms with Crippen molar-refractivity contribution >= 4 is 11.6 Å². The van der Waals surface area contributed by atoms with E-state index in [0.717, 1.165) is 17.0 Å². The maximum atomic E-state index is 12.5. The minimum Gasteiger partial charge on any atom is -0.497 e. The Kier molecular flexibility index (Phi) is 5.33. The molecule has 0 aliphatic carbocycles. The van der Waals surface area contributed by atoms with Gasteiger partial charge in [-0.25, -0.2) is 0 Å². The summed E-state index contributed by atoms with van der Waals surface area (Å²) in [6.45, 7) is 3.20. The van der Waals surface area contributed by atoms with Crippen LogP contribution in [0.2, 0.25) is 0 Å². The van der Waals surface area contributed by atoms with Crippen LogP contribution in [0.3, 0.4) is 0 Å². The van der Waals surface area contributed by atoms with E-state index in [2.05, 4.69) is 5.32 Å². The van der Waals surface area contributed by atoms with Crippen molar-refractivity contribution in [3.8, 4) is 5.75 Å². The second-order valence-corrected chi connectivity index (χ2v) is 5.69. The maximum Gasteiger partial charge on any atom is 0.254 e. The summed E-state index contributed by atoms with van der Waals surface area (Å²) in [6.07, 6.45) is 0. The van der Waals surface area contributed by atoms with Crippen LogP contribution in [-0.2, 0) is 11.3 Å². The minimum absolute atomic E-state index is 0.0586. The fourth-order valence-corrected chi connectivity index (χ4v) is 2.70. The third-order valence-electron chi connectivity index (χ3n) is 4.04. The van der Waals surface area contributed by atoms with Crippen LogP contribution in [0.15, 0.2) is 48.5 Å². The van der Waals surface area contributed by atoms with Crippen molar-refractivity contribution in [2.45, 2.75) is 6.54 Å². The monoisotopic (exact) mass is 326 g/mol. The first kappa shape index (κ1) is 16.3. The first-order valence-corrected chi connectivity index (χ1v) is 8.10. The number of methoxy groups -OCH3 is 1. The van der Waals surface area contributed by atoms with E-state index < -0.39 is 0 Å². The van der Waals surface area contributed by atoms with Crippen molar-refractivity contribution in [3.63, 3.8) is 0 Å². The molecule has 2 aromatic rings. The molecule has 24 heavy (non-hydrogen) atoms. The van der Waals surface area contributed by atoms with Crippen LogP contribution in [0.25, 0.3) is 0 Å². The van der Waals surface area contributed by atoms with Crippen molar-refractivity contribution in [1.82, 2.24) is 4.90 Å². The molecule has 0 bridgehead atoms. The first-order valence-electron chi connectivity index (χ1n) is 8.10. The molecule has 1 amide bonds. The summed E-state index contributed by atoms with van der Waals surface area (Å²) < 4.78 is 10.5. The Bertz CT molecular complexity index is 697. The zero-order chi connectivity index (χ0) is 16.8. The van der Waals surface area contributed by atoms with Crippen molar-refractivity contribution in [1.29, 1.82) is 0 Å². The molecule has 1 aliphatic rings. The van der Waals surface area contributed by atoms with Crippen LogP contribution in [0, 0.1) is 0 Å². The van der Waals surface area contributed by atoms with Crippen LogP contribution in [-0.4, -0.2) is 44.2 Å². The SMILES string of the molecule is COc1cccc(CNc2cccc(C(=O)N3CCOCC3)c2)c1. The van der Waals surface area contributed by atoms with E-state index in [1.165, 1.54) is 0 Å². The predicted molar refractivity (Wildman–Crippen MR) is 93.5 cm³/mol. The minimum atomic E-state index is 0.0586. The van der Waals surface area contributed by atoms with Gasteiger partial charge < -0.3 is 19.7 Å². The molecular weight excluding hydrogens is 304 g/mol. The summed E-state index contributed by atoms with van der Waals surface area (Å²) >= 11 is 0. The number of carbonyl (C=O) groups is 1. The summed E-state index contributed by atoms with van der Waals surface area (Å²) in [5.41, 5.74) is 2.75. The topological polar surface area (TPSA) is 50.8 Å². The van der Waals surface area contributed by atoms with Gasteiger partial charge in [0.25, 0.3) is 5.91 Å². The quantitative estimate of drug-likeness (QED) is 0.918. The number of hydrogen-bond donors (Lipinski definition) is 1. The van der Waals surface area contributed by atoms with Crippen LogP contribution in [0.1, 0.15) is 15.9 Å². The Morgan fingerprint density at radius 2 is 1.96 bits per heavy atom. The van der Waals surface area contributed by atoms with Crippen molar-refractivity contribution in [3.05, 3.63) is 59.7 Å². The number of morpholine rings is 1. The molecule has 1 saturated heterocycles. The van der Waals surface area contributed by atoms with Gasteiger partial charge in [-0.3, -0.25) is 4.79 Å². The maximum absolute atomic E-state index is 12.5. The van der Waals surface area contributed by atoms with Crippen molar-refractivity contribution in [2.24, 2.45) is 0 Å². The number of nitrogens with one attached hydrogen (secondary N) is 1. The third kappa shape index (κ3) is 4.06. The highest BCUT2D eigenvalue weighted by atomic mass is 16.5. The number of ether oxygens (including phenoxy) is 2. The van der Waals surface area contributed by atoms with Gasteiger partial charge in [0.05, 0.1) is 20.3 Å². The second kappa shape index (κ2) is 7.84. The third-order valence-corrected chi connectivity index (χ3v) is 4.04. The smallest absolute Gasteiger partial charge is 0.254 e. The van der Waals surface area contributed by atoms with E-state index in [1.807, 2.05) is 53.4 Å². The molecule has 126 valence electrons. The molecular formula is C19H22N2O3. The predicted octanol–water partition coefficient (Wildman–Crippen LogP) is 2.78. The Balaban J connectivity index is 1.65. The van der Waals surface area contributed by atoms with Crippen LogP contribution in [0.5, 0.6) is 5.75 Å². The highest BCUT2D eigenvalue weighted by Gasteiger charge is 2.18. The summed E-state index contributed by atoms with van der Waals surface area (Å²) in [7, 11) is 1.66. The average molecular weight is 326 g/mol. The van der Waals surface area contributed by atoms with Gasteiger partial charge in [0.15, 0.2) is 0 Å². The Morgan fingerprint density at radius 1 is 1.17 bits per heavy atom. The van der Waals surface area contributed by atoms with E-state index in [-0.39, 0.29) is 5.91 Å². The second-order valence-electron chi connectivity index (χ2n) is 5.69. The molecule has 2 aromatic carbocycles. The first-order chi connectivity index (χ1) is 11.8. The molecule has 5 nitrogen and oxygen atoms in total. The van der Waals surface area contributed by atoms with Gasteiger partial charge in [-0.05, 0) is 35.9 Å². The van der Waals surface area contributed by atoms with Gasteiger partial charge in [-0.2, -0.15) is 0 Å². The largest absolute Gasteiger partial charge is 0.497 e. The van der Waals surface area contributed by atoms with E-state index >= 15 is 0 Å². The van der Waals surface area contributed by atoms with E-state index in [4.69, 9.17) is 9.47 Å². The molecule has 1 aliphatic heterocycles. The lowest BCUT2D eigenvalue weighted by atomic mass is 10.1. The summed E-state index contributed by atoms with van der Waals surface area (Å²) in [5, 5.41) is 3.36. The molecule has 1 heterocycles. The lowest BCUT2D eigenvalue weighted by molar-refractivity contribution is 0.0303. The zero-order valence-electron chi connectivity index (χ0n) is 13.8. The Morgan fingerprint density at radius 3 is 2.75 bits per heavy atom. The van der Waals surface area contributed by atoms with Crippen LogP contribution >= 0.6 is 0 Å². The molecule has 1 N–H and O–H groups in total. The van der Waals surface area contributed by atoms with Gasteiger partial charge in [-0.1, -0.05) is 18.2 Å². The Labute approximate surface area is 142 Å². The fraction of sp³-hybridized carbons (Fsp3) is 0.316. The van der Waals surface area contributed by atoms with E-state index in [0.29, 0.717) is 38.4 Å². The van der Waals surface area contributed by atoms with Gasteiger partial charge >= 0.3 is 0 Å². The molecule has 0 unspecified atom stereocenters. The van der Waals surface area contributed by atoms with Crippen LogP contribution < -0.4 is 10.1 Å². The normalized spacial score (nSPS) is 14.3. The molecule has 0 saturated carbocycles. The molecule has 0 atom stereocenters. The highest BCUT2D eigenvalue weighted by molar-refractivity contribution is 5.95. The number of carbonyl (C=O) groups excluding carboxylic acids is 1. The van der Waals surface area contributed by atoms with Crippen molar-refractivity contribution in [2.75, 3.05) is 38.7 Å². The number of amides is 1. The van der Waals surface area contributed by atoms with Crippen molar-refractivity contribution < 1.29 is 14.3 Å². The number of hydrogen-bond acceptors (Lipinski definition) is 4. The van der Waals surface area contributed by atoms with Gasteiger partial charge in [-0.15, -0.1) is 0 Å². The molecule has 5 heteroatoms. The summed E-state index contributed by atoms with van der Waals surface area (Å²) in [5.74, 6) is 0.897. The average Bonchev–Trinajstić information content (AvgIpc) is 2.67. The molecule has 0 spiro atoms. The zero-order valence-corrected chi connectivity index (χ0v) is 13.8. The number of nitrogens with zero attached hydrogens (tertiary/aromatic N) is 1. The van der Waals surface area contributed by atoms with Gasteiger partial charge in [0.2, 0.25) is 0 Å².